The van der Waals surface area contributed by atoms with Crippen molar-refractivity contribution in [2.45, 2.75) is 37.9 Å². The van der Waals surface area contributed by atoms with Crippen LogP contribution in [0.4, 0.5) is 0 Å². The SMILES string of the molecule is CC(C)N(CC(=O)N(Cc1ccc2c(c1)OCO2)Cc1cccs1)S(=O)(=O)c1ccc2ccccc2c1. The van der Waals surface area contributed by atoms with E-state index in [1.807, 2.05) is 60.0 Å². The Labute approximate surface area is 220 Å². The fourth-order valence-electron chi connectivity index (χ4n) is 4.32. The summed E-state index contributed by atoms with van der Waals surface area (Å²) in [5.41, 5.74) is 0.877. The number of benzene rings is 3. The third-order valence-electron chi connectivity index (χ3n) is 6.28. The lowest BCUT2D eigenvalue weighted by Crippen LogP contribution is -2.45. The van der Waals surface area contributed by atoms with Crippen molar-refractivity contribution in [2.24, 2.45) is 0 Å². The number of rotatable bonds is 9. The topological polar surface area (TPSA) is 76.2 Å². The molecular formula is C28H28N2O5S2. The Kier molecular flexibility index (Phi) is 7.19. The van der Waals surface area contributed by atoms with E-state index in [-0.39, 0.29) is 24.1 Å². The fourth-order valence-corrected chi connectivity index (χ4v) is 6.67. The van der Waals surface area contributed by atoms with Gasteiger partial charge < -0.3 is 14.4 Å². The minimum absolute atomic E-state index is 0.173. The molecule has 0 radical (unpaired) electrons. The minimum Gasteiger partial charge on any atom is -0.454 e. The zero-order valence-electron chi connectivity index (χ0n) is 20.7. The molecule has 0 aliphatic carbocycles. The van der Waals surface area contributed by atoms with E-state index < -0.39 is 16.1 Å². The maximum absolute atomic E-state index is 13.7. The molecule has 1 aliphatic heterocycles. The molecule has 192 valence electrons. The van der Waals surface area contributed by atoms with Crippen molar-refractivity contribution in [3.63, 3.8) is 0 Å². The first-order valence-corrected chi connectivity index (χ1v) is 14.3. The van der Waals surface area contributed by atoms with Crippen LogP contribution in [0.25, 0.3) is 10.8 Å². The van der Waals surface area contributed by atoms with Gasteiger partial charge in [0.05, 0.1) is 18.0 Å². The Bertz CT molecular complexity index is 1520. The normalized spacial score (nSPS) is 13.0. The summed E-state index contributed by atoms with van der Waals surface area (Å²) in [5, 5.41) is 3.75. The molecule has 1 aromatic heterocycles. The average Bonchev–Trinajstić information content (AvgIpc) is 3.58. The van der Waals surface area contributed by atoms with E-state index in [4.69, 9.17) is 9.47 Å². The summed E-state index contributed by atoms with van der Waals surface area (Å²) in [6.07, 6.45) is 0. The summed E-state index contributed by atoms with van der Waals surface area (Å²) in [6, 6.07) is 21.8. The fraction of sp³-hybridized carbons (Fsp3) is 0.250. The van der Waals surface area contributed by atoms with Crippen molar-refractivity contribution in [2.75, 3.05) is 13.3 Å². The van der Waals surface area contributed by atoms with Crippen molar-refractivity contribution in [3.05, 3.63) is 88.6 Å². The van der Waals surface area contributed by atoms with Crippen LogP contribution >= 0.6 is 11.3 Å². The van der Waals surface area contributed by atoms with Gasteiger partial charge in [-0.3, -0.25) is 4.79 Å². The largest absolute Gasteiger partial charge is 0.454 e. The van der Waals surface area contributed by atoms with Gasteiger partial charge in [0.2, 0.25) is 22.7 Å². The third-order valence-corrected chi connectivity index (χ3v) is 9.16. The van der Waals surface area contributed by atoms with E-state index in [2.05, 4.69) is 0 Å². The second kappa shape index (κ2) is 10.5. The first-order chi connectivity index (χ1) is 17.8. The first-order valence-electron chi connectivity index (χ1n) is 12.0. The van der Waals surface area contributed by atoms with Gasteiger partial charge in [-0.25, -0.2) is 8.42 Å². The standard InChI is InChI=1S/C28H28N2O5S2/c1-20(2)30(37(32,33)25-11-10-22-6-3-4-7-23(22)15-25)18-28(31)29(17-24-8-5-13-36-24)16-21-9-12-26-27(14-21)35-19-34-26/h3-15,20H,16-19H2,1-2H3. The quantitative estimate of drug-likeness (QED) is 0.292. The van der Waals surface area contributed by atoms with Gasteiger partial charge in [0.15, 0.2) is 11.5 Å². The number of amides is 1. The highest BCUT2D eigenvalue weighted by Gasteiger charge is 2.31. The van der Waals surface area contributed by atoms with E-state index in [1.165, 1.54) is 4.31 Å². The van der Waals surface area contributed by atoms with Crippen LogP contribution in [0.3, 0.4) is 0 Å². The lowest BCUT2D eigenvalue weighted by atomic mass is 10.1. The third kappa shape index (κ3) is 5.49. The highest BCUT2D eigenvalue weighted by Crippen LogP contribution is 2.33. The van der Waals surface area contributed by atoms with Crippen LogP contribution in [-0.4, -0.2) is 42.9 Å². The predicted octanol–water partition coefficient (Wildman–Crippen LogP) is 5.26. The molecule has 9 heteroatoms. The van der Waals surface area contributed by atoms with Crippen molar-refractivity contribution < 1.29 is 22.7 Å². The van der Waals surface area contributed by atoms with Crippen molar-refractivity contribution >= 4 is 38.0 Å². The Morgan fingerprint density at radius 3 is 2.46 bits per heavy atom. The van der Waals surface area contributed by atoms with Gasteiger partial charge >= 0.3 is 0 Å². The number of ether oxygens (including phenoxy) is 2. The second-order valence-corrected chi connectivity index (χ2v) is 12.1. The van der Waals surface area contributed by atoms with E-state index >= 15 is 0 Å². The summed E-state index contributed by atoms with van der Waals surface area (Å²) < 4.78 is 39.6. The molecule has 0 bridgehead atoms. The molecule has 0 saturated carbocycles. The second-order valence-electron chi connectivity index (χ2n) is 9.17. The van der Waals surface area contributed by atoms with Gasteiger partial charge in [-0.2, -0.15) is 4.31 Å². The Morgan fingerprint density at radius 2 is 1.70 bits per heavy atom. The smallest absolute Gasteiger partial charge is 0.243 e. The van der Waals surface area contributed by atoms with Crippen LogP contribution in [-0.2, 0) is 27.9 Å². The van der Waals surface area contributed by atoms with Crippen molar-refractivity contribution in [3.8, 4) is 11.5 Å². The van der Waals surface area contributed by atoms with E-state index in [0.717, 1.165) is 21.2 Å². The maximum Gasteiger partial charge on any atom is 0.243 e. The molecule has 0 atom stereocenters. The number of hydrogen-bond donors (Lipinski definition) is 0. The number of fused-ring (bicyclic) bond motifs is 2. The molecule has 4 aromatic rings. The maximum atomic E-state index is 13.7. The van der Waals surface area contributed by atoms with Gasteiger partial charge in [-0.15, -0.1) is 11.3 Å². The monoisotopic (exact) mass is 536 g/mol. The summed E-state index contributed by atoms with van der Waals surface area (Å²) in [7, 11) is -3.91. The molecule has 0 saturated heterocycles. The number of carbonyl (C=O) groups excluding carboxylic acids is 1. The van der Waals surface area contributed by atoms with Gasteiger partial charge in [-0.1, -0.05) is 42.5 Å². The highest BCUT2D eigenvalue weighted by molar-refractivity contribution is 7.89. The molecule has 0 N–H and O–H groups in total. The van der Waals surface area contributed by atoms with Crippen LogP contribution in [0, 0.1) is 0 Å². The molecule has 7 nitrogen and oxygen atoms in total. The lowest BCUT2D eigenvalue weighted by molar-refractivity contribution is -0.132. The predicted molar refractivity (Wildman–Crippen MR) is 144 cm³/mol. The summed E-state index contributed by atoms with van der Waals surface area (Å²) in [4.78, 5) is 16.6. The molecule has 37 heavy (non-hydrogen) atoms. The Morgan fingerprint density at radius 1 is 0.919 bits per heavy atom. The number of nitrogens with zero attached hydrogens (tertiary/aromatic N) is 2. The van der Waals surface area contributed by atoms with Crippen LogP contribution in [0.2, 0.25) is 0 Å². The molecule has 0 unspecified atom stereocenters. The molecule has 3 aromatic carbocycles. The molecule has 1 amide bonds. The molecule has 0 spiro atoms. The molecule has 2 heterocycles. The van der Waals surface area contributed by atoms with Crippen LogP contribution < -0.4 is 9.47 Å². The van der Waals surface area contributed by atoms with Crippen molar-refractivity contribution in [1.82, 2.24) is 9.21 Å². The number of thiophene rings is 1. The van der Waals surface area contributed by atoms with Gasteiger partial charge in [0.25, 0.3) is 0 Å². The average molecular weight is 537 g/mol. The number of carbonyl (C=O) groups is 1. The highest BCUT2D eigenvalue weighted by atomic mass is 32.2. The molecule has 5 rings (SSSR count). The lowest BCUT2D eigenvalue weighted by Gasteiger charge is -2.29. The Hall–Kier alpha value is -3.40. The van der Waals surface area contributed by atoms with E-state index in [1.54, 1.807) is 48.3 Å². The Balaban J connectivity index is 1.41. The van der Waals surface area contributed by atoms with Crippen LogP contribution in [0.5, 0.6) is 11.5 Å². The van der Waals surface area contributed by atoms with Gasteiger partial charge in [-0.05, 0) is 65.9 Å². The summed E-state index contributed by atoms with van der Waals surface area (Å²) in [5.74, 6) is 1.04. The zero-order chi connectivity index (χ0) is 26.0. The number of sulfonamides is 1. The molecule has 0 fully saturated rings. The van der Waals surface area contributed by atoms with Crippen molar-refractivity contribution in [1.29, 1.82) is 0 Å². The molecule has 1 aliphatic rings. The van der Waals surface area contributed by atoms with Gasteiger partial charge in [0.1, 0.15) is 0 Å². The first kappa shape index (κ1) is 25.3. The van der Waals surface area contributed by atoms with Crippen LogP contribution in [0.1, 0.15) is 24.3 Å². The minimum atomic E-state index is -3.91. The van der Waals surface area contributed by atoms with E-state index in [0.29, 0.717) is 24.6 Å². The summed E-state index contributed by atoms with van der Waals surface area (Å²) in [6.45, 7) is 4.18. The summed E-state index contributed by atoms with van der Waals surface area (Å²) >= 11 is 1.56. The van der Waals surface area contributed by atoms with Crippen LogP contribution in [0.15, 0.2) is 83.1 Å². The number of hydrogen-bond acceptors (Lipinski definition) is 6. The van der Waals surface area contributed by atoms with E-state index in [9.17, 15) is 13.2 Å². The van der Waals surface area contributed by atoms with Gasteiger partial charge in [0, 0.05) is 17.5 Å². The zero-order valence-corrected chi connectivity index (χ0v) is 22.3. The molecular weight excluding hydrogens is 508 g/mol.